The maximum atomic E-state index is 12.6. The molecule has 8 heteroatoms. The summed E-state index contributed by atoms with van der Waals surface area (Å²) in [5.74, 6) is 0. The van der Waals surface area contributed by atoms with Crippen LogP contribution < -0.4 is 4.72 Å². The summed E-state index contributed by atoms with van der Waals surface area (Å²) >= 11 is 0. The van der Waals surface area contributed by atoms with Gasteiger partial charge >= 0.3 is 0 Å². The molecule has 1 aliphatic rings. The average Bonchev–Trinajstić information content (AvgIpc) is 2.94. The van der Waals surface area contributed by atoms with Crippen LogP contribution >= 0.6 is 0 Å². The van der Waals surface area contributed by atoms with Crippen LogP contribution in [0.1, 0.15) is 35.8 Å². The number of nitrogens with zero attached hydrogens (tertiary/aromatic N) is 4. The number of aromatic nitrogens is 4. The minimum Gasteiger partial charge on any atom is -0.275 e. The van der Waals surface area contributed by atoms with E-state index in [-0.39, 0.29) is 10.9 Å². The van der Waals surface area contributed by atoms with Gasteiger partial charge in [-0.1, -0.05) is 0 Å². The molecule has 0 spiro atoms. The third-order valence-electron chi connectivity index (χ3n) is 4.00. The van der Waals surface area contributed by atoms with E-state index < -0.39 is 10.0 Å². The Bertz CT molecular complexity index is 775. The van der Waals surface area contributed by atoms with E-state index in [0.29, 0.717) is 5.69 Å². The van der Waals surface area contributed by atoms with E-state index in [1.165, 1.54) is 6.20 Å². The fraction of sp³-hybridized carbons (Fsp3) is 0.538. The first-order chi connectivity index (χ1) is 9.88. The number of aryl methyl sites for hydroxylation is 3. The van der Waals surface area contributed by atoms with E-state index in [4.69, 9.17) is 0 Å². The van der Waals surface area contributed by atoms with Gasteiger partial charge < -0.3 is 0 Å². The van der Waals surface area contributed by atoms with Crippen molar-refractivity contribution in [2.45, 2.75) is 37.1 Å². The Morgan fingerprint density at radius 1 is 1.38 bits per heavy atom. The van der Waals surface area contributed by atoms with Crippen molar-refractivity contribution in [1.82, 2.24) is 24.3 Å². The van der Waals surface area contributed by atoms with E-state index in [2.05, 4.69) is 14.9 Å². The van der Waals surface area contributed by atoms with E-state index in [1.807, 2.05) is 13.2 Å². The minimum atomic E-state index is -3.57. The monoisotopic (exact) mass is 309 g/mol. The van der Waals surface area contributed by atoms with Crippen LogP contribution in [-0.4, -0.2) is 28.0 Å². The third-order valence-corrected chi connectivity index (χ3v) is 5.57. The van der Waals surface area contributed by atoms with Gasteiger partial charge in [0.1, 0.15) is 4.90 Å². The summed E-state index contributed by atoms with van der Waals surface area (Å²) in [5.41, 5.74) is 2.60. The van der Waals surface area contributed by atoms with Crippen LogP contribution in [0.15, 0.2) is 17.3 Å². The van der Waals surface area contributed by atoms with Gasteiger partial charge in [-0.2, -0.15) is 10.2 Å². The molecular formula is C13H19N5O2S. The molecule has 0 radical (unpaired) electrons. The molecule has 3 rings (SSSR count). The highest BCUT2D eigenvalue weighted by molar-refractivity contribution is 7.89. The number of rotatable bonds is 3. The number of hydrogen-bond donors (Lipinski definition) is 1. The molecule has 0 fully saturated rings. The van der Waals surface area contributed by atoms with Crippen molar-refractivity contribution in [3.63, 3.8) is 0 Å². The van der Waals surface area contributed by atoms with Crippen LogP contribution in [0.5, 0.6) is 0 Å². The van der Waals surface area contributed by atoms with Crippen molar-refractivity contribution in [3.8, 4) is 0 Å². The van der Waals surface area contributed by atoms with Gasteiger partial charge in [0.05, 0.1) is 23.6 Å². The molecule has 1 unspecified atom stereocenters. The summed E-state index contributed by atoms with van der Waals surface area (Å²) in [6.45, 7) is 1.75. The Balaban J connectivity index is 1.92. The second kappa shape index (κ2) is 4.96. The highest BCUT2D eigenvalue weighted by Crippen LogP contribution is 2.30. The first kappa shape index (κ1) is 14.3. The smallest absolute Gasteiger partial charge is 0.244 e. The van der Waals surface area contributed by atoms with E-state index in [9.17, 15) is 8.42 Å². The van der Waals surface area contributed by atoms with Gasteiger partial charge in [0.15, 0.2) is 0 Å². The molecular weight excluding hydrogens is 290 g/mol. The maximum absolute atomic E-state index is 12.6. The second-order valence-corrected chi connectivity index (χ2v) is 7.17. The van der Waals surface area contributed by atoms with E-state index in [1.54, 1.807) is 23.3 Å². The fourth-order valence-electron chi connectivity index (χ4n) is 2.78. The minimum absolute atomic E-state index is 0.216. The van der Waals surface area contributed by atoms with Gasteiger partial charge in [-0.05, 0) is 26.2 Å². The quantitative estimate of drug-likeness (QED) is 0.910. The van der Waals surface area contributed by atoms with Crippen LogP contribution in [0.2, 0.25) is 0 Å². The predicted octanol–water partition coefficient (Wildman–Crippen LogP) is 0.818. The molecule has 0 bridgehead atoms. The summed E-state index contributed by atoms with van der Waals surface area (Å²) in [7, 11) is 0.0131. The molecule has 0 saturated carbocycles. The van der Waals surface area contributed by atoms with Gasteiger partial charge in [-0.3, -0.25) is 9.36 Å². The zero-order valence-corrected chi connectivity index (χ0v) is 13.2. The lowest BCUT2D eigenvalue weighted by molar-refractivity contribution is 0.505. The molecule has 21 heavy (non-hydrogen) atoms. The van der Waals surface area contributed by atoms with Crippen LogP contribution in [0.25, 0.3) is 0 Å². The maximum Gasteiger partial charge on any atom is 0.244 e. The molecule has 1 aliphatic carbocycles. The van der Waals surface area contributed by atoms with E-state index >= 15 is 0 Å². The standard InChI is InChI=1S/C13H19N5O2S/c1-9-13(7-14-18(9)3)21(19,20)16-12-6-4-5-11-10(12)8-17(2)15-11/h7-8,12,16H,4-6H2,1-3H3. The van der Waals surface area contributed by atoms with Crippen molar-refractivity contribution in [2.75, 3.05) is 0 Å². The SMILES string of the molecule is Cc1c(S(=O)(=O)NC2CCCc3nn(C)cc32)cnn1C. The third kappa shape index (κ3) is 2.49. The first-order valence-electron chi connectivity index (χ1n) is 6.92. The zero-order valence-electron chi connectivity index (χ0n) is 12.4. The summed E-state index contributed by atoms with van der Waals surface area (Å²) in [4.78, 5) is 0.237. The van der Waals surface area contributed by atoms with Crippen molar-refractivity contribution in [2.24, 2.45) is 14.1 Å². The molecule has 1 atom stereocenters. The lowest BCUT2D eigenvalue weighted by Crippen LogP contribution is -2.31. The topological polar surface area (TPSA) is 81.8 Å². The Morgan fingerprint density at radius 2 is 2.14 bits per heavy atom. The summed E-state index contributed by atoms with van der Waals surface area (Å²) in [6.07, 6.45) is 5.92. The van der Waals surface area contributed by atoms with Crippen molar-refractivity contribution < 1.29 is 8.42 Å². The predicted molar refractivity (Wildman–Crippen MR) is 77.2 cm³/mol. The molecule has 0 amide bonds. The van der Waals surface area contributed by atoms with E-state index in [0.717, 1.165) is 30.5 Å². The Labute approximate surface area is 124 Å². The molecule has 2 heterocycles. The molecule has 2 aromatic heterocycles. The largest absolute Gasteiger partial charge is 0.275 e. The molecule has 0 saturated heterocycles. The van der Waals surface area contributed by atoms with Crippen LogP contribution in [0.4, 0.5) is 0 Å². The molecule has 0 aromatic carbocycles. The number of fused-ring (bicyclic) bond motifs is 1. The highest BCUT2D eigenvalue weighted by Gasteiger charge is 2.29. The van der Waals surface area contributed by atoms with Crippen molar-refractivity contribution in [3.05, 3.63) is 29.3 Å². The van der Waals surface area contributed by atoms with Crippen molar-refractivity contribution in [1.29, 1.82) is 0 Å². The molecule has 2 aromatic rings. The lowest BCUT2D eigenvalue weighted by Gasteiger charge is -2.22. The van der Waals surface area contributed by atoms with Crippen LogP contribution in [0, 0.1) is 6.92 Å². The van der Waals surface area contributed by atoms with Crippen LogP contribution in [0.3, 0.4) is 0 Å². The van der Waals surface area contributed by atoms with Gasteiger partial charge in [-0.15, -0.1) is 0 Å². The molecule has 7 nitrogen and oxygen atoms in total. The zero-order chi connectivity index (χ0) is 15.2. The summed E-state index contributed by atoms with van der Waals surface area (Å²) < 4.78 is 31.2. The summed E-state index contributed by atoms with van der Waals surface area (Å²) in [5, 5.41) is 8.40. The normalized spacial score (nSPS) is 18.7. The lowest BCUT2D eigenvalue weighted by atomic mass is 9.94. The Morgan fingerprint density at radius 3 is 2.81 bits per heavy atom. The Hall–Kier alpha value is -1.67. The second-order valence-electron chi connectivity index (χ2n) is 5.49. The van der Waals surface area contributed by atoms with Crippen LogP contribution in [-0.2, 0) is 30.5 Å². The summed E-state index contributed by atoms with van der Waals surface area (Å²) in [6, 6.07) is -0.216. The highest BCUT2D eigenvalue weighted by atomic mass is 32.2. The van der Waals surface area contributed by atoms with Gasteiger partial charge in [-0.25, -0.2) is 13.1 Å². The van der Waals surface area contributed by atoms with Gasteiger partial charge in [0.2, 0.25) is 10.0 Å². The molecule has 0 aliphatic heterocycles. The van der Waals surface area contributed by atoms with Crippen molar-refractivity contribution >= 4 is 10.0 Å². The number of hydrogen-bond acceptors (Lipinski definition) is 4. The van der Waals surface area contributed by atoms with Gasteiger partial charge in [0.25, 0.3) is 0 Å². The Kier molecular flexibility index (Phi) is 3.37. The van der Waals surface area contributed by atoms with Gasteiger partial charge in [0, 0.05) is 25.9 Å². The average molecular weight is 309 g/mol. The number of nitrogens with one attached hydrogen (secondary N) is 1. The number of sulfonamides is 1. The fourth-order valence-corrected chi connectivity index (χ4v) is 4.24. The molecule has 114 valence electrons. The first-order valence-corrected chi connectivity index (χ1v) is 8.40. The molecule has 1 N–H and O–H groups in total.